The number of nitrogens with zero attached hydrogens (tertiary/aromatic N) is 2. The second-order valence-corrected chi connectivity index (χ2v) is 6.84. The first-order valence-electron chi connectivity index (χ1n) is 7.16. The average Bonchev–Trinajstić information content (AvgIpc) is 2.56. The predicted molar refractivity (Wildman–Crippen MR) is 95.3 cm³/mol. The second-order valence-electron chi connectivity index (χ2n) is 4.99. The van der Waals surface area contributed by atoms with Crippen LogP contribution >= 0.6 is 27.7 Å². The van der Waals surface area contributed by atoms with Crippen LogP contribution in [0.3, 0.4) is 0 Å². The SMILES string of the molecule is CCn1c(SCc2cc(Br)ccc2F)nc2ccccc2c1=O. The molecular formula is C17H14BrFN2OS. The molecule has 0 atom stereocenters. The van der Waals surface area contributed by atoms with E-state index in [4.69, 9.17) is 0 Å². The molecule has 6 heteroatoms. The van der Waals surface area contributed by atoms with Crippen LogP contribution in [0.1, 0.15) is 12.5 Å². The van der Waals surface area contributed by atoms with E-state index in [0.29, 0.717) is 33.9 Å². The van der Waals surface area contributed by atoms with Gasteiger partial charge in [-0.2, -0.15) is 0 Å². The minimum absolute atomic E-state index is 0.0599. The van der Waals surface area contributed by atoms with Gasteiger partial charge in [-0.25, -0.2) is 9.37 Å². The Labute approximate surface area is 145 Å². The van der Waals surface area contributed by atoms with Crippen molar-refractivity contribution < 1.29 is 4.39 Å². The van der Waals surface area contributed by atoms with Crippen molar-refractivity contribution in [1.29, 1.82) is 0 Å². The Morgan fingerprint density at radius 3 is 2.83 bits per heavy atom. The summed E-state index contributed by atoms with van der Waals surface area (Å²) in [6.45, 7) is 2.43. The molecule has 3 nitrogen and oxygen atoms in total. The number of aromatic nitrogens is 2. The first-order chi connectivity index (χ1) is 11.1. The van der Waals surface area contributed by atoms with Gasteiger partial charge in [-0.15, -0.1) is 0 Å². The van der Waals surface area contributed by atoms with Gasteiger partial charge >= 0.3 is 0 Å². The van der Waals surface area contributed by atoms with Crippen LogP contribution < -0.4 is 5.56 Å². The van der Waals surface area contributed by atoms with Crippen LogP contribution in [0.4, 0.5) is 4.39 Å². The van der Waals surface area contributed by atoms with Crippen molar-refractivity contribution in [1.82, 2.24) is 9.55 Å². The molecule has 23 heavy (non-hydrogen) atoms. The van der Waals surface area contributed by atoms with Gasteiger partial charge in [0.25, 0.3) is 5.56 Å². The number of benzene rings is 2. The molecule has 0 saturated heterocycles. The Balaban J connectivity index is 1.99. The summed E-state index contributed by atoms with van der Waals surface area (Å²) in [4.78, 5) is 17.1. The minimum Gasteiger partial charge on any atom is -0.287 e. The molecule has 0 aliphatic heterocycles. The lowest BCUT2D eigenvalue weighted by Gasteiger charge is -2.11. The van der Waals surface area contributed by atoms with E-state index in [1.807, 2.05) is 25.1 Å². The van der Waals surface area contributed by atoms with Crippen molar-refractivity contribution >= 4 is 38.6 Å². The highest BCUT2D eigenvalue weighted by Crippen LogP contribution is 2.25. The summed E-state index contributed by atoms with van der Waals surface area (Å²) in [5.74, 6) is 0.155. The van der Waals surface area contributed by atoms with Crippen molar-refractivity contribution in [2.75, 3.05) is 0 Å². The number of para-hydroxylation sites is 1. The molecule has 1 heterocycles. The van der Waals surface area contributed by atoms with Crippen LogP contribution in [0.15, 0.2) is 56.9 Å². The Morgan fingerprint density at radius 2 is 2.04 bits per heavy atom. The maximum Gasteiger partial charge on any atom is 0.262 e. The van der Waals surface area contributed by atoms with E-state index in [-0.39, 0.29) is 11.4 Å². The zero-order valence-corrected chi connectivity index (χ0v) is 14.8. The molecule has 3 aromatic rings. The first-order valence-corrected chi connectivity index (χ1v) is 8.94. The monoisotopic (exact) mass is 392 g/mol. The van der Waals surface area contributed by atoms with E-state index >= 15 is 0 Å². The molecule has 0 aliphatic rings. The molecular weight excluding hydrogens is 379 g/mol. The summed E-state index contributed by atoms with van der Waals surface area (Å²) in [7, 11) is 0. The van der Waals surface area contributed by atoms with Gasteiger partial charge in [-0.05, 0) is 42.8 Å². The number of hydrogen-bond donors (Lipinski definition) is 0. The summed E-state index contributed by atoms with van der Waals surface area (Å²) >= 11 is 4.72. The molecule has 3 rings (SSSR count). The topological polar surface area (TPSA) is 34.9 Å². The molecule has 0 bridgehead atoms. The summed E-state index contributed by atoms with van der Waals surface area (Å²) < 4.78 is 16.3. The van der Waals surface area contributed by atoms with Crippen LogP contribution in [-0.4, -0.2) is 9.55 Å². The fourth-order valence-electron chi connectivity index (χ4n) is 2.33. The Morgan fingerprint density at radius 1 is 1.26 bits per heavy atom. The first kappa shape index (κ1) is 16.2. The molecule has 0 fully saturated rings. The third-order valence-corrected chi connectivity index (χ3v) is 5.03. The van der Waals surface area contributed by atoms with Crippen LogP contribution in [-0.2, 0) is 12.3 Å². The zero-order valence-electron chi connectivity index (χ0n) is 12.4. The fraction of sp³-hybridized carbons (Fsp3) is 0.176. The number of rotatable bonds is 4. The molecule has 0 unspecified atom stereocenters. The van der Waals surface area contributed by atoms with E-state index in [9.17, 15) is 9.18 Å². The zero-order chi connectivity index (χ0) is 16.4. The Hall–Kier alpha value is -1.66. The van der Waals surface area contributed by atoms with Gasteiger partial charge in [-0.3, -0.25) is 9.36 Å². The number of halogens is 2. The molecule has 0 N–H and O–H groups in total. The van der Waals surface area contributed by atoms with Crippen LogP contribution in [0.25, 0.3) is 10.9 Å². The maximum absolute atomic E-state index is 13.9. The molecule has 0 aliphatic carbocycles. The Kier molecular flexibility index (Phi) is 4.82. The lowest BCUT2D eigenvalue weighted by Crippen LogP contribution is -2.22. The van der Waals surface area contributed by atoms with Gasteiger partial charge in [0.2, 0.25) is 0 Å². The van der Waals surface area contributed by atoms with Crippen LogP contribution in [0, 0.1) is 5.82 Å². The normalized spacial score (nSPS) is 11.1. The number of thioether (sulfide) groups is 1. The minimum atomic E-state index is -0.258. The highest BCUT2D eigenvalue weighted by molar-refractivity contribution is 9.10. The van der Waals surface area contributed by atoms with E-state index in [2.05, 4.69) is 20.9 Å². The summed E-state index contributed by atoms with van der Waals surface area (Å²) in [5, 5.41) is 1.21. The maximum atomic E-state index is 13.9. The second kappa shape index (κ2) is 6.84. The molecule has 0 amide bonds. The van der Waals surface area contributed by atoms with Crippen LogP contribution in [0.5, 0.6) is 0 Å². The summed E-state index contributed by atoms with van der Waals surface area (Å²) in [6, 6.07) is 12.1. The van der Waals surface area contributed by atoms with E-state index in [0.717, 1.165) is 4.47 Å². The van der Waals surface area contributed by atoms with E-state index in [1.54, 1.807) is 22.8 Å². The molecule has 0 saturated carbocycles. The highest BCUT2D eigenvalue weighted by atomic mass is 79.9. The standard InChI is InChI=1S/C17H14BrFN2OS/c1-2-21-16(22)13-5-3-4-6-15(13)20-17(21)23-10-11-9-12(18)7-8-14(11)19/h3-9H,2,10H2,1H3. The van der Waals surface area contributed by atoms with Crippen molar-refractivity contribution in [2.45, 2.75) is 24.4 Å². The lowest BCUT2D eigenvalue weighted by atomic mass is 10.2. The largest absolute Gasteiger partial charge is 0.287 e. The van der Waals surface area contributed by atoms with Gasteiger partial charge < -0.3 is 0 Å². The predicted octanol–water partition coefficient (Wildman–Crippen LogP) is 4.61. The van der Waals surface area contributed by atoms with Gasteiger partial charge in [0.15, 0.2) is 5.16 Å². The summed E-state index contributed by atoms with van der Waals surface area (Å²) in [6.07, 6.45) is 0. The fourth-order valence-corrected chi connectivity index (χ4v) is 3.78. The third kappa shape index (κ3) is 3.33. The third-order valence-electron chi connectivity index (χ3n) is 3.51. The van der Waals surface area contributed by atoms with Crippen molar-refractivity contribution in [2.24, 2.45) is 0 Å². The Bertz CT molecular complexity index is 926. The van der Waals surface area contributed by atoms with Gasteiger partial charge in [-0.1, -0.05) is 39.8 Å². The average molecular weight is 393 g/mol. The van der Waals surface area contributed by atoms with E-state index in [1.165, 1.54) is 17.8 Å². The number of hydrogen-bond acceptors (Lipinski definition) is 3. The highest BCUT2D eigenvalue weighted by Gasteiger charge is 2.11. The molecule has 0 spiro atoms. The van der Waals surface area contributed by atoms with Gasteiger partial charge in [0, 0.05) is 16.8 Å². The van der Waals surface area contributed by atoms with E-state index < -0.39 is 0 Å². The van der Waals surface area contributed by atoms with Crippen molar-refractivity contribution in [3.05, 3.63) is 68.7 Å². The summed E-state index contributed by atoms with van der Waals surface area (Å²) in [5.41, 5.74) is 1.18. The van der Waals surface area contributed by atoms with Crippen molar-refractivity contribution in [3.63, 3.8) is 0 Å². The molecule has 1 aromatic heterocycles. The molecule has 0 radical (unpaired) electrons. The van der Waals surface area contributed by atoms with Gasteiger partial charge in [0.1, 0.15) is 5.82 Å². The molecule has 118 valence electrons. The number of fused-ring (bicyclic) bond motifs is 1. The van der Waals surface area contributed by atoms with Crippen LogP contribution in [0.2, 0.25) is 0 Å². The molecule has 2 aromatic carbocycles. The van der Waals surface area contributed by atoms with Gasteiger partial charge in [0.05, 0.1) is 10.9 Å². The lowest BCUT2D eigenvalue weighted by molar-refractivity contribution is 0.615. The smallest absolute Gasteiger partial charge is 0.262 e. The van der Waals surface area contributed by atoms with Crippen molar-refractivity contribution in [3.8, 4) is 0 Å². The quantitative estimate of drug-likeness (QED) is 0.480.